The summed E-state index contributed by atoms with van der Waals surface area (Å²) in [5, 5.41) is 23.8. The van der Waals surface area contributed by atoms with Crippen LogP contribution in [0.3, 0.4) is 0 Å². The summed E-state index contributed by atoms with van der Waals surface area (Å²) in [5.41, 5.74) is 2.32. The number of nitrogens with zero attached hydrogens (tertiary/aromatic N) is 1. The monoisotopic (exact) mass is 494 g/mol. The van der Waals surface area contributed by atoms with Crippen molar-refractivity contribution in [2.75, 3.05) is 26.4 Å². The topological polar surface area (TPSA) is 118 Å². The molecule has 2 aliphatic rings. The molecule has 3 aromatic rings. The highest BCUT2D eigenvalue weighted by Crippen LogP contribution is 2.40. The first-order valence-electron chi connectivity index (χ1n) is 12.0. The van der Waals surface area contributed by atoms with Crippen LogP contribution in [0.15, 0.2) is 42.5 Å². The zero-order valence-electron chi connectivity index (χ0n) is 19.6. The Balaban J connectivity index is 1.66. The predicted octanol–water partition coefficient (Wildman–Crippen LogP) is 3.86. The summed E-state index contributed by atoms with van der Waals surface area (Å²) in [6.45, 7) is 1.53. The number of pyridine rings is 1. The molecule has 36 heavy (non-hydrogen) atoms. The highest BCUT2D eigenvalue weighted by molar-refractivity contribution is 6.10. The van der Waals surface area contributed by atoms with Crippen LogP contribution in [-0.2, 0) is 14.3 Å². The fourth-order valence-electron chi connectivity index (χ4n) is 5.09. The number of rotatable bonds is 5. The Morgan fingerprint density at radius 1 is 0.972 bits per heavy atom. The van der Waals surface area contributed by atoms with Crippen molar-refractivity contribution in [3.8, 4) is 16.9 Å². The number of aliphatic carboxylic acids is 1. The van der Waals surface area contributed by atoms with E-state index in [0.717, 1.165) is 11.1 Å². The number of carbonyl (C=O) groups is 2. The number of aromatic nitrogens is 1. The van der Waals surface area contributed by atoms with Gasteiger partial charge in [0.1, 0.15) is 17.3 Å². The van der Waals surface area contributed by atoms with Crippen LogP contribution in [0.4, 0.5) is 4.39 Å². The fraction of sp³-hybridized carbons (Fsp3) is 0.370. The number of carboxylic acids is 1. The van der Waals surface area contributed by atoms with E-state index in [0.29, 0.717) is 55.5 Å². The number of benzene rings is 2. The number of nitrogens with one attached hydrogen (secondary N) is 1. The maximum atomic E-state index is 13.7. The van der Waals surface area contributed by atoms with Gasteiger partial charge < -0.3 is 25.0 Å². The molecule has 2 aliphatic heterocycles. The number of amides is 1. The first-order chi connectivity index (χ1) is 17.4. The molecule has 0 spiro atoms. The molecule has 9 heteroatoms. The summed E-state index contributed by atoms with van der Waals surface area (Å²) in [4.78, 5) is 30.1. The Bertz CT molecular complexity index is 1290. The minimum atomic E-state index is -0.992. The molecule has 2 atom stereocenters. The van der Waals surface area contributed by atoms with Gasteiger partial charge in [-0.3, -0.25) is 9.59 Å². The van der Waals surface area contributed by atoms with Gasteiger partial charge in [0.15, 0.2) is 0 Å². The maximum absolute atomic E-state index is 13.7. The summed E-state index contributed by atoms with van der Waals surface area (Å²) in [6.07, 6.45) is 1.72. The first-order valence-corrected chi connectivity index (χ1v) is 12.0. The van der Waals surface area contributed by atoms with E-state index >= 15 is 0 Å². The number of phenols is 1. The van der Waals surface area contributed by atoms with Gasteiger partial charge in [-0.1, -0.05) is 12.1 Å². The van der Waals surface area contributed by atoms with E-state index in [2.05, 4.69) is 5.32 Å². The lowest BCUT2D eigenvalue weighted by Gasteiger charge is -2.30. The Hall–Kier alpha value is -3.56. The average molecular weight is 495 g/mol. The highest BCUT2D eigenvalue weighted by atomic mass is 19.1. The molecule has 3 N–H and O–H groups in total. The smallest absolute Gasteiger partial charge is 0.308 e. The summed E-state index contributed by atoms with van der Waals surface area (Å²) >= 11 is 0. The summed E-state index contributed by atoms with van der Waals surface area (Å²) < 4.78 is 24.7. The second-order valence-corrected chi connectivity index (χ2v) is 9.23. The third-order valence-electron chi connectivity index (χ3n) is 6.96. The second-order valence-electron chi connectivity index (χ2n) is 9.23. The molecule has 1 aromatic heterocycles. The lowest BCUT2D eigenvalue weighted by atomic mass is 9.86. The molecule has 5 rings (SSSR count). The Labute approximate surface area is 207 Å². The molecule has 0 aliphatic carbocycles. The molecular weight excluding hydrogens is 467 g/mol. The number of halogens is 1. The largest absolute Gasteiger partial charge is 0.508 e. The summed E-state index contributed by atoms with van der Waals surface area (Å²) in [5.74, 6) is -2.68. The van der Waals surface area contributed by atoms with Gasteiger partial charge in [-0.05, 0) is 60.5 Å². The van der Waals surface area contributed by atoms with Crippen molar-refractivity contribution < 1.29 is 33.7 Å². The molecule has 2 aromatic carbocycles. The lowest BCUT2D eigenvalue weighted by molar-refractivity contribution is -0.146. The fourth-order valence-corrected chi connectivity index (χ4v) is 5.09. The van der Waals surface area contributed by atoms with E-state index in [1.54, 1.807) is 24.3 Å². The summed E-state index contributed by atoms with van der Waals surface area (Å²) in [7, 11) is 0. The van der Waals surface area contributed by atoms with Gasteiger partial charge in [0.2, 0.25) is 0 Å². The molecule has 2 fully saturated rings. The molecule has 0 saturated carbocycles. The van der Waals surface area contributed by atoms with Crippen LogP contribution in [0.1, 0.15) is 41.4 Å². The molecule has 8 nitrogen and oxygen atoms in total. The van der Waals surface area contributed by atoms with Crippen molar-refractivity contribution in [3.05, 3.63) is 59.7 Å². The third-order valence-corrected chi connectivity index (χ3v) is 6.96. The van der Waals surface area contributed by atoms with Crippen molar-refractivity contribution in [1.82, 2.24) is 10.3 Å². The van der Waals surface area contributed by atoms with Crippen molar-refractivity contribution in [3.63, 3.8) is 0 Å². The Kier molecular flexibility index (Phi) is 6.84. The van der Waals surface area contributed by atoms with Crippen molar-refractivity contribution in [2.24, 2.45) is 5.92 Å². The maximum Gasteiger partial charge on any atom is 0.308 e. The standard InChI is InChI=1S/C27H27FN2O6/c28-17-3-1-15(2-4-17)23-19-6-5-18(31)13-21(19)25(30-24(23)16-7-10-35-11-8-16)26(32)29-22-14-36-12-9-20(22)27(33)34/h1-6,13,16,20,22,31H,7-12,14H2,(H,29,32)(H,33,34)/t20-,22+/m1/s1. The zero-order chi connectivity index (χ0) is 25.2. The number of carbonyl (C=O) groups excluding carboxylic acids is 1. The summed E-state index contributed by atoms with van der Waals surface area (Å²) in [6, 6.07) is 10.2. The normalized spacial score (nSPS) is 20.8. The van der Waals surface area contributed by atoms with Crippen LogP contribution < -0.4 is 5.32 Å². The zero-order valence-corrected chi connectivity index (χ0v) is 19.6. The number of carboxylic acid groups (broad SMARTS) is 1. The highest BCUT2D eigenvalue weighted by Gasteiger charge is 2.34. The quantitative estimate of drug-likeness (QED) is 0.493. The second kappa shape index (κ2) is 10.2. The van der Waals surface area contributed by atoms with E-state index in [4.69, 9.17) is 14.5 Å². The third kappa shape index (κ3) is 4.76. The molecular formula is C27H27FN2O6. The molecule has 188 valence electrons. The number of hydrogen-bond donors (Lipinski definition) is 3. The van der Waals surface area contributed by atoms with Crippen LogP contribution in [-0.4, -0.2) is 59.5 Å². The van der Waals surface area contributed by atoms with E-state index in [1.165, 1.54) is 18.2 Å². The van der Waals surface area contributed by atoms with Gasteiger partial charge in [0.05, 0.1) is 24.3 Å². The minimum absolute atomic E-state index is 0.00772. The molecule has 2 saturated heterocycles. The van der Waals surface area contributed by atoms with Crippen LogP contribution in [0, 0.1) is 11.7 Å². The number of fused-ring (bicyclic) bond motifs is 1. The van der Waals surface area contributed by atoms with Crippen LogP contribution in [0.2, 0.25) is 0 Å². The van der Waals surface area contributed by atoms with Crippen molar-refractivity contribution in [1.29, 1.82) is 0 Å². The van der Waals surface area contributed by atoms with Gasteiger partial charge in [-0.15, -0.1) is 0 Å². The lowest BCUT2D eigenvalue weighted by Crippen LogP contribution is -2.49. The van der Waals surface area contributed by atoms with E-state index in [1.807, 2.05) is 0 Å². The molecule has 0 unspecified atom stereocenters. The molecule has 3 heterocycles. The van der Waals surface area contributed by atoms with Crippen LogP contribution in [0.5, 0.6) is 5.75 Å². The van der Waals surface area contributed by atoms with Crippen LogP contribution in [0.25, 0.3) is 21.9 Å². The molecule has 0 bridgehead atoms. The SMILES string of the molecule is O=C(N[C@H]1COCC[C@H]1C(=O)O)c1nc(C2CCOCC2)c(-c2ccc(F)cc2)c2ccc(O)cc12. The number of aromatic hydroxyl groups is 1. The van der Waals surface area contributed by atoms with E-state index < -0.39 is 23.8 Å². The number of ether oxygens (including phenoxy) is 2. The van der Waals surface area contributed by atoms with Gasteiger partial charge in [0.25, 0.3) is 5.91 Å². The molecule has 1 amide bonds. The predicted molar refractivity (Wildman–Crippen MR) is 129 cm³/mol. The van der Waals surface area contributed by atoms with Gasteiger partial charge in [-0.2, -0.15) is 0 Å². The van der Waals surface area contributed by atoms with Crippen LogP contribution >= 0.6 is 0 Å². The van der Waals surface area contributed by atoms with Gasteiger partial charge in [0, 0.05) is 36.7 Å². The van der Waals surface area contributed by atoms with Crippen molar-refractivity contribution >= 4 is 22.6 Å². The first kappa shape index (κ1) is 24.1. The Morgan fingerprint density at radius 2 is 1.69 bits per heavy atom. The van der Waals surface area contributed by atoms with E-state index in [-0.39, 0.29) is 29.8 Å². The van der Waals surface area contributed by atoms with Crippen molar-refractivity contribution in [2.45, 2.75) is 31.2 Å². The van der Waals surface area contributed by atoms with E-state index in [9.17, 15) is 24.2 Å². The van der Waals surface area contributed by atoms with Gasteiger partial charge >= 0.3 is 5.97 Å². The number of phenolic OH excluding ortho intramolecular Hbond substituents is 1. The number of hydrogen-bond acceptors (Lipinski definition) is 6. The minimum Gasteiger partial charge on any atom is -0.508 e. The Morgan fingerprint density at radius 3 is 2.42 bits per heavy atom. The van der Waals surface area contributed by atoms with Gasteiger partial charge in [-0.25, -0.2) is 9.37 Å². The average Bonchev–Trinajstić information content (AvgIpc) is 2.89. The molecule has 0 radical (unpaired) electrons.